The Morgan fingerprint density at radius 1 is 1.33 bits per heavy atom. The lowest BCUT2D eigenvalue weighted by Crippen LogP contribution is -2.05. The summed E-state index contributed by atoms with van der Waals surface area (Å²) in [6.45, 7) is 0. The van der Waals surface area contributed by atoms with Gasteiger partial charge in [-0.2, -0.15) is 0 Å². The SMILES string of the molecule is COC(=O)c1cc(F)cc(OC)c1-c1ccco1. The predicted molar refractivity (Wildman–Crippen MR) is 62.0 cm³/mol. The zero-order chi connectivity index (χ0) is 13.1. The second-order valence-corrected chi connectivity index (χ2v) is 3.50. The Labute approximate surface area is 103 Å². The summed E-state index contributed by atoms with van der Waals surface area (Å²) in [7, 11) is 2.62. The molecule has 0 amide bonds. The van der Waals surface area contributed by atoms with Gasteiger partial charge >= 0.3 is 5.97 Å². The van der Waals surface area contributed by atoms with Crippen LogP contribution in [-0.2, 0) is 4.74 Å². The number of furan rings is 1. The van der Waals surface area contributed by atoms with Crippen molar-refractivity contribution in [3.05, 3.63) is 41.9 Å². The van der Waals surface area contributed by atoms with Crippen molar-refractivity contribution < 1.29 is 23.1 Å². The third-order valence-electron chi connectivity index (χ3n) is 2.46. The number of rotatable bonds is 3. The number of carbonyl (C=O) groups excluding carboxylic acids is 1. The Hall–Kier alpha value is -2.30. The minimum Gasteiger partial charge on any atom is -0.496 e. The molecule has 18 heavy (non-hydrogen) atoms. The Bertz CT molecular complexity index is 561. The van der Waals surface area contributed by atoms with Gasteiger partial charge in [0, 0.05) is 6.07 Å². The number of carbonyl (C=O) groups is 1. The molecule has 0 bridgehead atoms. The first-order valence-corrected chi connectivity index (χ1v) is 5.17. The van der Waals surface area contributed by atoms with Crippen LogP contribution in [0.5, 0.6) is 5.75 Å². The zero-order valence-electron chi connectivity index (χ0n) is 9.90. The molecule has 4 nitrogen and oxygen atoms in total. The van der Waals surface area contributed by atoms with E-state index in [0.717, 1.165) is 6.07 Å². The van der Waals surface area contributed by atoms with E-state index < -0.39 is 11.8 Å². The average Bonchev–Trinajstić information content (AvgIpc) is 2.90. The van der Waals surface area contributed by atoms with Crippen LogP contribution in [0.1, 0.15) is 10.4 Å². The minimum absolute atomic E-state index is 0.0595. The summed E-state index contributed by atoms with van der Waals surface area (Å²) in [5, 5.41) is 0. The van der Waals surface area contributed by atoms with Gasteiger partial charge in [-0.05, 0) is 18.2 Å². The minimum atomic E-state index is -0.654. The molecule has 5 heteroatoms. The first-order valence-electron chi connectivity index (χ1n) is 5.17. The van der Waals surface area contributed by atoms with Crippen molar-refractivity contribution in [3.8, 4) is 17.1 Å². The lowest BCUT2D eigenvalue weighted by Gasteiger charge is -2.11. The maximum atomic E-state index is 13.4. The topological polar surface area (TPSA) is 48.7 Å². The van der Waals surface area contributed by atoms with E-state index in [4.69, 9.17) is 9.15 Å². The summed E-state index contributed by atoms with van der Waals surface area (Å²) in [6.07, 6.45) is 1.46. The van der Waals surface area contributed by atoms with Crippen LogP contribution in [0.15, 0.2) is 34.9 Å². The molecule has 2 aromatic rings. The number of halogens is 1. The molecule has 0 radical (unpaired) electrons. The Morgan fingerprint density at radius 2 is 2.11 bits per heavy atom. The van der Waals surface area contributed by atoms with Crippen molar-refractivity contribution in [1.29, 1.82) is 0 Å². The standard InChI is InChI=1S/C13H11FO4/c1-16-11-7-8(14)6-9(13(15)17-2)12(11)10-4-3-5-18-10/h3-7H,1-2H3. The third-order valence-corrected chi connectivity index (χ3v) is 2.46. The first kappa shape index (κ1) is 12.2. The van der Waals surface area contributed by atoms with Crippen molar-refractivity contribution in [2.45, 2.75) is 0 Å². The van der Waals surface area contributed by atoms with Gasteiger partial charge in [-0.15, -0.1) is 0 Å². The molecular weight excluding hydrogens is 239 g/mol. The van der Waals surface area contributed by atoms with Crippen molar-refractivity contribution >= 4 is 5.97 Å². The summed E-state index contributed by atoms with van der Waals surface area (Å²) < 4.78 is 28.3. The van der Waals surface area contributed by atoms with E-state index in [1.807, 2.05) is 0 Å². The summed E-state index contributed by atoms with van der Waals surface area (Å²) in [6, 6.07) is 5.60. The molecule has 0 aliphatic heterocycles. The summed E-state index contributed by atoms with van der Waals surface area (Å²) in [5.74, 6) is -0.612. The molecule has 1 aromatic carbocycles. The molecule has 1 aromatic heterocycles. The van der Waals surface area contributed by atoms with Crippen molar-refractivity contribution in [2.24, 2.45) is 0 Å². The van der Waals surface area contributed by atoms with Crippen LogP contribution in [0, 0.1) is 5.82 Å². The van der Waals surface area contributed by atoms with Gasteiger partial charge in [-0.1, -0.05) is 0 Å². The van der Waals surface area contributed by atoms with Gasteiger partial charge < -0.3 is 13.9 Å². The van der Waals surface area contributed by atoms with Gasteiger partial charge in [-0.3, -0.25) is 0 Å². The molecule has 0 N–H and O–H groups in total. The molecule has 0 spiro atoms. The van der Waals surface area contributed by atoms with E-state index in [0.29, 0.717) is 11.3 Å². The molecule has 0 aliphatic carbocycles. The summed E-state index contributed by atoms with van der Waals surface area (Å²) in [5.41, 5.74) is 0.431. The van der Waals surface area contributed by atoms with Crippen LogP contribution in [-0.4, -0.2) is 20.2 Å². The molecule has 0 saturated carbocycles. The van der Waals surface area contributed by atoms with E-state index in [9.17, 15) is 9.18 Å². The van der Waals surface area contributed by atoms with E-state index in [2.05, 4.69) is 4.74 Å². The van der Waals surface area contributed by atoms with Gasteiger partial charge in [0.2, 0.25) is 0 Å². The van der Waals surface area contributed by atoms with E-state index in [1.54, 1.807) is 12.1 Å². The monoisotopic (exact) mass is 250 g/mol. The quantitative estimate of drug-likeness (QED) is 0.786. The van der Waals surface area contributed by atoms with Crippen LogP contribution in [0.25, 0.3) is 11.3 Å². The number of benzene rings is 1. The second kappa shape index (κ2) is 4.91. The predicted octanol–water partition coefficient (Wildman–Crippen LogP) is 2.88. The molecule has 0 saturated heterocycles. The van der Waals surface area contributed by atoms with E-state index in [1.165, 1.54) is 26.5 Å². The molecule has 0 unspecified atom stereocenters. The highest BCUT2D eigenvalue weighted by Gasteiger charge is 2.21. The molecule has 0 aliphatic rings. The van der Waals surface area contributed by atoms with Gasteiger partial charge in [0.15, 0.2) is 0 Å². The van der Waals surface area contributed by atoms with Crippen molar-refractivity contribution in [3.63, 3.8) is 0 Å². The van der Waals surface area contributed by atoms with Crippen LogP contribution < -0.4 is 4.74 Å². The number of methoxy groups -OCH3 is 2. The van der Waals surface area contributed by atoms with Gasteiger partial charge in [0.25, 0.3) is 0 Å². The fourth-order valence-corrected chi connectivity index (χ4v) is 1.69. The normalized spacial score (nSPS) is 10.2. The highest BCUT2D eigenvalue weighted by atomic mass is 19.1. The number of hydrogen-bond donors (Lipinski definition) is 0. The Balaban J connectivity index is 2.70. The number of esters is 1. The fourth-order valence-electron chi connectivity index (χ4n) is 1.69. The van der Waals surface area contributed by atoms with Gasteiger partial charge in [-0.25, -0.2) is 9.18 Å². The molecule has 94 valence electrons. The summed E-state index contributed by atoms with van der Waals surface area (Å²) in [4.78, 5) is 11.7. The highest BCUT2D eigenvalue weighted by Crippen LogP contribution is 2.35. The molecular formula is C13H11FO4. The second-order valence-electron chi connectivity index (χ2n) is 3.50. The van der Waals surface area contributed by atoms with E-state index >= 15 is 0 Å². The van der Waals surface area contributed by atoms with Gasteiger partial charge in [0.1, 0.15) is 17.3 Å². The van der Waals surface area contributed by atoms with Crippen molar-refractivity contribution in [1.82, 2.24) is 0 Å². The average molecular weight is 250 g/mol. The van der Waals surface area contributed by atoms with Crippen LogP contribution in [0.4, 0.5) is 4.39 Å². The molecule has 0 atom stereocenters. The fraction of sp³-hybridized carbons (Fsp3) is 0.154. The first-order chi connectivity index (χ1) is 8.67. The molecule has 0 fully saturated rings. The largest absolute Gasteiger partial charge is 0.496 e. The van der Waals surface area contributed by atoms with Crippen molar-refractivity contribution in [2.75, 3.05) is 14.2 Å². The maximum Gasteiger partial charge on any atom is 0.338 e. The summed E-state index contributed by atoms with van der Waals surface area (Å²) >= 11 is 0. The van der Waals surface area contributed by atoms with Gasteiger partial charge in [0.05, 0.1) is 31.6 Å². The third kappa shape index (κ3) is 2.07. The van der Waals surface area contributed by atoms with Crippen LogP contribution >= 0.6 is 0 Å². The lowest BCUT2D eigenvalue weighted by molar-refractivity contribution is 0.0600. The highest BCUT2D eigenvalue weighted by molar-refractivity contribution is 5.98. The zero-order valence-corrected chi connectivity index (χ0v) is 9.90. The maximum absolute atomic E-state index is 13.4. The van der Waals surface area contributed by atoms with E-state index in [-0.39, 0.29) is 11.3 Å². The Morgan fingerprint density at radius 3 is 2.67 bits per heavy atom. The molecule has 1 heterocycles. The lowest BCUT2D eigenvalue weighted by atomic mass is 10.0. The molecule has 2 rings (SSSR count). The smallest absolute Gasteiger partial charge is 0.338 e. The van der Waals surface area contributed by atoms with Crippen LogP contribution in [0.2, 0.25) is 0 Å². The number of ether oxygens (including phenoxy) is 2. The number of hydrogen-bond acceptors (Lipinski definition) is 4. The van der Waals surface area contributed by atoms with Crippen LogP contribution in [0.3, 0.4) is 0 Å². The Kier molecular flexibility index (Phi) is 3.32.